The first-order chi connectivity index (χ1) is 9.62. The number of hydrogen-bond donors (Lipinski definition) is 0. The van der Waals surface area contributed by atoms with Crippen LogP contribution < -0.4 is 9.47 Å². The Hall–Kier alpha value is -1.74. The zero-order chi connectivity index (χ0) is 14.5. The van der Waals surface area contributed by atoms with Crippen LogP contribution in [-0.4, -0.2) is 12.1 Å². The number of pyridine rings is 1. The van der Waals surface area contributed by atoms with E-state index >= 15 is 0 Å². The minimum Gasteiger partial charge on any atom is -0.497 e. The Bertz CT molecular complexity index is 599. The van der Waals surface area contributed by atoms with Crippen LogP contribution in [0.4, 0.5) is 0 Å². The second-order valence-electron chi connectivity index (χ2n) is 4.67. The van der Waals surface area contributed by atoms with Crippen molar-refractivity contribution < 1.29 is 9.47 Å². The average Bonchev–Trinajstić information content (AvgIpc) is 2.45. The Labute approximate surface area is 124 Å². The summed E-state index contributed by atoms with van der Waals surface area (Å²) < 4.78 is 11.1. The standard InChI is InChI=1S/C16H18ClNO2/c1-11-4-5-16(13(6-11)9-17)20-10-14-8-15(19-3)7-12(2)18-14/h4-8H,9-10H2,1-3H3. The van der Waals surface area contributed by atoms with E-state index in [0.717, 1.165) is 28.5 Å². The topological polar surface area (TPSA) is 31.4 Å². The summed E-state index contributed by atoms with van der Waals surface area (Å²) >= 11 is 5.94. The van der Waals surface area contributed by atoms with Crippen LogP contribution in [0.2, 0.25) is 0 Å². The minimum absolute atomic E-state index is 0.394. The predicted molar refractivity (Wildman–Crippen MR) is 80.6 cm³/mol. The number of hydrogen-bond acceptors (Lipinski definition) is 3. The minimum atomic E-state index is 0.394. The number of aromatic nitrogens is 1. The maximum atomic E-state index is 5.94. The highest BCUT2D eigenvalue weighted by Gasteiger charge is 2.06. The van der Waals surface area contributed by atoms with Crippen LogP contribution in [0.3, 0.4) is 0 Å². The molecule has 0 saturated carbocycles. The Kier molecular flexibility index (Phi) is 4.85. The van der Waals surface area contributed by atoms with E-state index in [1.807, 2.05) is 44.2 Å². The molecular formula is C16H18ClNO2. The zero-order valence-electron chi connectivity index (χ0n) is 11.9. The molecule has 0 N–H and O–H groups in total. The summed E-state index contributed by atoms with van der Waals surface area (Å²) in [6.45, 7) is 4.36. The fraction of sp³-hybridized carbons (Fsp3) is 0.312. The molecule has 0 spiro atoms. The van der Waals surface area contributed by atoms with Crippen LogP contribution in [-0.2, 0) is 12.5 Å². The van der Waals surface area contributed by atoms with Crippen molar-refractivity contribution in [3.8, 4) is 11.5 Å². The van der Waals surface area contributed by atoms with Gasteiger partial charge in [-0.25, -0.2) is 0 Å². The summed E-state index contributed by atoms with van der Waals surface area (Å²) in [6.07, 6.45) is 0. The van der Waals surface area contributed by atoms with Crippen molar-refractivity contribution in [1.82, 2.24) is 4.98 Å². The molecule has 3 nitrogen and oxygen atoms in total. The van der Waals surface area contributed by atoms with Crippen molar-refractivity contribution in [2.24, 2.45) is 0 Å². The molecule has 0 aliphatic carbocycles. The quantitative estimate of drug-likeness (QED) is 0.780. The van der Waals surface area contributed by atoms with Gasteiger partial charge in [0.25, 0.3) is 0 Å². The van der Waals surface area contributed by atoms with Gasteiger partial charge in [0.15, 0.2) is 0 Å². The van der Waals surface area contributed by atoms with E-state index in [9.17, 15) is 0 Å². The largest absolute Gasteiger partial charge is 0.497 e. The van der Waals surface area contributed by atoms with Crippen molar-refractivity contribution in [3.05, 3.63) is 52.8 Å². The van der Waals surface area contributed by atoms with Crippen LogP contribution in [0.1, 0.15) is 22.5 Å². The van der Waals surface area contributed by atoms with Crippen molar-refractivity contribution in [2.75, 3.05) is 7.11 Å². The summed E-state index contributed by atoms with van der Waals surface area (Å²) in [6, 6.07) is 9.75. The van der Waals surface area contributed by atoms with Crippen LogP contribution in [0, 0.1) is 13.8 Å². The molecule has 1 heterocycles. The first-order valence-corrected chi connectivity index (χ1v) is 6.95. The average molecular weight is 292 g/mol. The lowest BCUT2D eigenvalue weighted by molar-refractivity contribution is 0.297. The molecule has 0 aliphatic heterocycles. The van der Waals surface area contributed by atoms with Gasteiger partial charge in [-0.15, -0.1) is 11.6 Å². The molecule has 2 aromatic rings. The third kappa shape index (κ3) is 3.64. The molecule has 0 bridgehead atoms. The number of aryl methyl sites for hydroxylation is 2. The third-order valence-electron chi connectivity index (χ3n) is 2.95. The number of halogens is 1. The van der Waals surface area contributed by atoms with Crippen molar-refractivity contribution >= 4 is 11.6 Å². The van der Waals surface area contributed by atoms with Gasteiger partial charge in [-0.05, 0) is 19.9 Å². The Morgan fingerprint density at radius 1 is 1.15 bits per heavy atom. The van der Waals surface area contributed by atoms with Gasteiger partial charge in [-0.3, -0.25) is 4.98 Å². The van der Waals surface area contributed by atoms with Gasteiger partial charge in [0.2, 0.25) is 0 Å². The smallest absolute Gasteiger partial charge is 0.130 e. The predicted octanol–water partition coefficient (Wildman–Crippen LogP) is 4.02. The lowest BCUT2D eigenvalue weighted by Gasteiger charge is -2.11. The molecule has 0 unspecified atom stereocenters. The number of rotatable bonds is 5. The lowest BCUT2D eigenvalue weighted by Crippen LogP contribution is -2.02. The Morgan fingerprint density at radius 2 is 1.95 bits per heavy atom. The van der Waals surface area contributed by atoms with Crippen molar-refractivity contribution in [3.63, 3.8) is 0 Å². The normalized spacial score (nSPS) is 10.4. The fourth-order valence-corrected chi connectivity index (χ4v) is 2.21. The third-order valence-corrected chi connectivity index (χ3v) is 3.24. The summed E-state index contributed by atoms with van der Waals surface area (Å²) in [5, 5.41) is 0. The molecule has 0 radical (unpaired) electrons. The summed E-state index contributed by atoms with van der Waals surface area (Å²) in [5.74, 6) is 2.02. The van der Waals surface area contributed by atoms with Gasteiger partial charge >= 0.3 is 0 Å². The number of alkyl halides is 1. The summed E-state index contributed by atoms with van der Waals surface area (Å²) in [5.41, 5.74) is 3.90. The monoisotopic (exact) mass is 291 g/mol. The van der Waals surface area contributed by atoms with Gasteiger partial charge in [0.1, 0.15) is 18.1 Å². The second-order valence-corrected chi connectivity index (χ2v) is 4.94. The maximum Gasteiger partial charge on any atom is 0.130 e. The molecule has 0 saturated heterocycles. The SMILES string of the molecule is COc1cc(C)nc(COc2ccc(C)cc2CCl)c1. The highest BCUT2D eigenvalue weighted by molar-refractivity contribution is 6.17. The number of nitrogens with zero attached hydrogens (tertiary/aromatic N) is 1. The van der Waals surface area contributed by atoms with E-state index in [2.05, 4.69) is 4.98 Å². The van der Waals surface area contributed by atoms with Crippen molar-refractivity contribution in [1.29, 1.82) is 0 Å². The van der Waals surface area contributed by atoms with Crippen LogP contribution in [0.25, 0.3) is 0 Å². The maximum absolute atomic E-state index is 5.94. The molecule has 1 aromatic heterocycles. The first kappa shape index (κ1) is 14.7. The highest BCUT2D eigenvalue weighted by Crippen LogP contribution is 2.23. The second kappa shape index (κ2) is 6.62. The molecule has 106 valence electrons. The Balaban J connectivity index is 2.14. The van der Waals surface area contributed by atoms with Gasteiger partial charge in [-0.1, -0.05) is 17.7 Å². The molecule has 0 atom stereocenters. The van der Waals surface area contributed by atoms with Crippen molar-refractivity contribution in [2.45, 2.75) is 26.3 Å². The van der Waals surface area contributed by atoms with Crippen LogP contribution >= 0.6 is 11.6 Å². The highest BCUT2D eigenvalue weighted by atomic mass is 35.5. The molecule has 20 heavy (non-hydrogen) atoms. The van der Waals surface area contributed by atoms with Gasteiger partial charge < -0.3 is 9.47 Å². The van der Waals surface area contributed by atoms with Gasteiger partial charge in [-0.2, -0.15) is 0 Å². The molecule has 2 rings (SSSR count). The van der Waals surface area contributed by atoms with Crippen LogP contribution in [0.5, 0.6) is 11.5 Å². The van der Waals surface area contributed by atoms with E-state index in [0.29, 0.717) is 12.5 Å². The summed E-state index contributed by atoms with van der Waals surface area (Å²) in [7, 11) is 1.64. The van der Waals surface area contributed by atoms with E-state index in [1.165, 1.54) is 5.56 Å². The van der Waals surface area contributed by atoms with E-state index < -0.39 is 0 Å². The zero-order valence-corrected chi connectivity index (χ0v) is 12.7. The molecule has 0 aliphatic rings. The molecule has 4 heteroatoms. The number of ether oxygens (including phenoxy) is 2. The van der Waals surface area contributed by atoms with Crippen LogP contribution in [0.15, 0.2) is 30.3 Å². The number of benzene rings is 1. The molecular weight excluding hydrogens is 274 g/mol. The number of methoxy groups -OCH3 is 1. The fourth-order valence-electron chi connectivity index (χ4n) is 2.00. The molecule has 0 fully saturated rings. The van der Waals surface area contributed by atoms with Gasteiger partial charge in [0.05, 0.1) is 18.7 Å². The van der Waals surface area contributed by atoms with Gasteiger partial charge in [0, 0.05) is 23.4 Å². The first-order valence-electron chi connectivity index (χ1n) is 6.42. The molecule has 1 aromatic carbocycles. The van der Waals surface area contributed by atoms with E-state index in [4.69, 9.17) is 21.1 Å². The van der Waals surface area contributed by atoms with E-state index in [1.54, 1.807) is 7.11 Å². The lowest BCUT2D eigenvalue weighted by atomic mass is 10.1. The Morgan fingerprint density at radius 3 is 2.65 bits per heavy atom. The van der Waals surface area contributed by atoms with E-state index in [-0.39, 0.29) is 0 Å². The molecule has 0 amide bonds. The summed E-state index contributed by atoms with van der Waals surface area (Å²) in [4.78, 5) is 4.43.